The Morgan fingerprint density at radius 3 is 2.50 bits per heavy atom. The molecule has 2 nitrogen and oxygen atoms in total. The lowest BCUT2D eigenvalue weighted by molar-refractivity contribution is -0.137. The minimum absolute atomic E-state index is 0.0307. The normalized spacial score (nSPS) is 15.9. The fourth-order valence-corrected chi connectivity index (χ4v) is 1.34. The maximum absolute atomic E-state index is 12.6. The van der Waals surface area contributed by atoms with Gasteiger partial charge < -0.3 is 4.74 Å². The number of aldehydes is 1. The van der Waals surface area contributed by atoms with E-state index >= 15 is 0 Å². The van der Waals surface area contributed by atoms with Crippen LogP contribution in [0.2, 0.25) is 0 Å². The highest BCUT2D eigenvalue weighted by Crippen LogP contribution is 2.35. The third-order valence-electron chi connectivity index (χ3n) is 2.28. The van der Waals surface area contributed by atoms with Crippen molar-refractivity contribution in [1.29, 1.82) is 0 Å². The van der Waals surface area contributed by atoms with Crippen molar-refractivity contribution in [2.45, 2.75) is 25.1 Å². The van der Waals surface area contributed by atoms with E-state index in [9.17, 15) is 18.0 Å². The molecule has 86 valence electrons. The lowest BCUT2D eigenvalue weighted by Gasteiger charge is -2.11. The van der Waals surface area contributed by atoms with E-state index < -0.39 is 11.7 Å². The van der Waals surface area contributed by atoms with E-state index in [1.54, 1.807) is 0 Å². The van der Waals surface area contributed by atoms with Gasteiger partial charge in [0.05, 0.1) is 11.7 Å². The summed E-state index contributed by atoms with van der Waals surface area (Å²) in [4.78, 5) is 10.5. The lowest BCUT2D eigenvalue weighted by Crippen LogP contribution is -2.09. The summed E-state index contributed by atoms with van der Waals surface area (Å²) in [6.45, 7) is 0. The van der Waals surface area contributed by atoms with E-state index in [4.69, 9.17) is 4.74 Å². The number of rotatable bonds is 3. The summed E-state index contributed by atoms with van der Waals surface area (Å²) in [5.41, 5.74) is -1.31. The third-order valence-corrected chi connectivity index (χ3v) is 2.28. The van der Waals surface area contributed by atoms with Gasteiger partial charge in [-0.05, 0) is 31.0 Å². The molecule has 0 atom stereocenters. The minimum atomic E-state index is -4.53. The van der Waals surface area contributed by atoms with E-state index in [0.717, 1.165) is 25.0 Å². The predicted octanol–water partition coefficient (Wildman–Crippen LogP) is 3.06. The summed E-state index contributed by atoms with van der Waals surface area (Å²) >= 11 is 0. The van der Waals surface area contributed by atoms with E-state index in [2.05, 4.69) is 0 Å². The smallest absolute Gasteiger partial charge is 0.417 e. The largest absolute Gasteiger partial charge is 0.490 e. The molecule has 0 amide bonds. The molecule has 0 aromatic heterocycles. The Hall–Kier alpha value is -1.52. The summed E-state index contributed by atoms with van der Waals surface area (Å²) in [5, 5.41) is 0. The molecule has 0 aliphatic heterocycles. The summed E-state index contributed by atoms with van der Waals surface area (Å²) in [7, 11) is 0. The van der Waals surface area contributed by atoms with Crippen molar-refractivity contribution in [2.75, 3.05) is 0 Å². The van der Waals surface area contributed by atoms with Gasteiger partial charge in [0.2, 0.25) is 0 Å². The Morgan fingerprint density at radius 2 is 2.00 bits per heavy atom. The number of carbonyl (C=O) groups excluding carboxylic acids is 1. The molecule has 2 rings (SSSR count). The third kappa shape index (κ3) is 2.35. The summed E-state index contributed by atoms with van der Waals surface area (Å²) in [6.07, 6.45) is -2.56. The highest BCUT2D eigenvalue weighted by Gasteiger charge is 2.34. The maximum atomic E-state index is 12.6. The zero-order valence-corrected chi connectivity index (χ0v) is 8.25. The fraction of sp³-hybridized carbons (Fsp3) is 0.364. The van der Waals surface area contributed by atoms with Crippen LogP contribution in [0.5, 0.6) is 5.75 Å². The highest BCUT2D eigenvalue weighted by molar-refractivity contribution is 5.78. The summed E-state index contributed by atoms with van der Waals surface area (Å²) < 4.78 is 42.9. The molecule has 1 saturated carbocycles. The van der Waals surface area contributed by atoms with Crippen molar-refractivity contribution in [2.24, 2.45) is 0 Å². The van der Waals surface area contributed by atoms with E-state index in [0.29, 0.717) is 0 Å². The van der Waals surface area contributed by atoms with Crippen molar-refractivity contribution in [1.82, 2.24) is 0 Å². The van der Waals surface area contributed by atoms with E-state index in [1.807, 2.05) is 0 Å². The first-order valence-corrected chi connectivity index (χ1v) is 4.84. The zero-order chi connectivity index (χ0) is 11.8. The number of ether oxygens (including phenoxy) is 1. The molecule has 0 spiro atoms. The molecule has 5 heteroatoms. The van der Waals surface area contributed by atoms with Crippen LogP contribution < -0.4 is 4.74 Å². The van der Waals surface area contributed by atoms with Crippen molar-refractivity contribution >= 4 is 6.29 Å². The number of alkyl halides is 3. The maximum Gasteiger partial charge on any atom is 0.417 e. The van der Waals surface area contributed by atoms with Crippen molar-refractivity contribution in [3.05, 3.63) is 29.3 Å². The summed E-state index contributed by atoms with van der Waals surface area (Å²) in [6, 6.07) is 3.40. The first-order valence-electron chi connectivity index (χ1n) is 4.84. The van der Waals surface area contributed by atoms with Crippen molar-refractivity contribution in [3.63, 3.8) is 0 Å². The second kappa shape index (κ2) is 3.81. The van der Waals surface area contributed by atoms with Gasteiger partial charge in [0.25, 0.3) is 0 Å². The van der Waals surface area contributed by atoms with Crippen molar-refractivity contribution in [3.8, 4) is 5.75 Å². The standard InChI is InChI=1S/C11H9F3O2/c12-11(13,14)10-5-9(16-8-3-4-8)2-1-7(10)6-15/h1-2,5-6,8H,3-4H2. The molecule has 1 fully saturated rings. The van der Waals surface area contributed by atoms with Gasteiger partial charge >= 0.3 is 6.18 Å². The monoisotopic (exact) mass is 230 g/mol. The van der Waals surface area contributed by atoms with Crippen LogP contribution in [0.25, 0.3) is 0 Å². The number of benzene rings is 1. The van der Waals surface area contributed by atoms with Gasteiger partial charge in [-0.2, -0.15) is 13.2 Å². The SMILES string of the molecule is O=Cc1ccc(OC2CC2)cc1C(F)(F)F. The highest BCUT2D eigenvalue weighted by atomic mass is 19.4. The van der Waals surface area contributed by atoms with E-state index in [1.165, 1.54) is 6.07 Å². The second-order valence-electron chi connectivity index (χ2n) is 3.68. The van der Waals surface area contributed by atoms with Crippen molar-refractivity contribution < 1.29 is 22.7 Å². The van der Waals surface area contributed by atoms with Gasteiger partial charge in [0, 0.05) is 5.56 Å². The van der Waals surface area contributed by atoms with E-state index in [-0.39, 0.29) is 23.7 Å². The van der Waals surface area contributed by atoms with Crippen LogP contribution in [0.15, 0.2) is 18.2 Å². The average molecular weight is 230 g/mol. The molecule has 1 aromatic rings. The second-order valence-corrected chi connectivity index (χ2v) is 3.68. The van der Waals surface area contributed by atoms with Gasteiger partial charge in [0.15, 0.2) is 6.29 Å². The van der Waals surface area contributed by atoms with Crippen LogP contribution in [-0.4, -0.2) is 12.4 Å². The molecule has 0 N–H and O–H groups in total. The minimum Gasteiger partial charge on any atom is -0.490 e. The molecule has 1 aliphatic rings. The number of carbonyl (C=O) groups is 1. The summed E-state index contributed by atoms with van der Waals surface area (Å²) in [5.74, 6) is 0.167. The Bertz CT molecular complexity index is 408. The molecule has 0 bridgehead atoms. The Kier molecular flexibility index (Phi) is 2.61. The quantitative estimate of drug-likeness (QED) is 0.746. The van der Waals surface area contributed by atoms with Gasteiger partial charge in [-0.1, -0.05) is 0 Å². The Labute approximate surface area is 90.0 Å². The lowest BCUT2D eigenvalue weighted by atomic mass is 10.1. The number of halogens is 3. The predicted molar refractivity (Wildman–Crippen MR) is 50.5 cm³/mol. The molecule has 0 saturated heterocycles. The molecule has 1 aromatic carbocycles. The Balaban J connectivity index is 2.33. The molecular weight excluding hydrogens is 221 g/mol. The first kappa shape index (κ1) is 11.0. The van der Waals surface area contributed by atoms with Crippen LogP contribution in [0.3, 0.4) is 0 Å². The average Bonchev–Trinajstić information content (AvgIpc) is 3.00. The zero-order valence-electron chi connectivity index (χ0n) is 8.25. The van der Waals surface area contributed by atoms with Gasteiger partial charge in [-0.15, -0.1) is 0 Å². The van der Waals surface area contributed by atoms with Crippen LogP contribution in [0.1, 0.15) is 28.8 Å². The molecule has 0 unspecified atom stereocenters. The molecule has 0 radical (unpaired) electrons. The van der Waals surface area contributed by atoms with Gasteiger partial charge in [-0.25, -0.2) is 0 Å². The van der Waals surface area contributed by atoms with Crippen LogP contribution in [0.4, 0.5) is 13.2 Å². The van der Waals surface area contributed by atoms with Crippen LogP contribution >= 0.6 is 0 Å². The first-order chi connectivity index (χ1) is 7.50. The molecule has 0 heterocycles. The number of hydrogen-bond acceptors (Lipinski definition) is 2. The number of hydrogen-bond donors (Lipinski definition) is 0. The van der Waals surface area contributed by atoms with Crippen LogP contribution in [0, 0.1) is 0 Å². The van der Waals surface area contributed by atoms with Gasteiger partial charge in [0.1, 0.15) is 5.75 Å². The molecule has 16 heavy (non-hydrogen) atoms. The Morgan fingerprint density at radius 1 is 1.31 bits per heavy atom. The fourth-order valence-electron chi connectivity index (χ4n) is 1.34. The molecule has 1 aliphatic carbocycles. The molecular formula is C11H9F3O2. The van der Waals surface area contributed by atoms with Gasteiger partial charge in [-0.3, -0.25) is 4.79 Å². The van der Waals surface area contributed by atoms with Crippen LogP contribution in [-0.2, 0) is 6.18 Å². The topological polar surface area (TPSA) is 26.3 Å².